The molecule has 1 aromatic rings. The normalized spacial score (nSPS) is 10.8. The van der Waals surface area contributed by atoms with Gasteiger partial charge in [0.25, 0.3) is 0 Å². The number of carboxylic acids is 1. The standard InChI is InChI=1S/C5H5NO4S.2Na/c7-5(8)4-1-3(2-6-4)11(9)10;;/h1-2,6H,(H,7,8)(H,9,10);;/q;2*+1/p-2. The molecule has 0 aromatic carbocycles. The van der Waals surface area contributed by atoms with Crippen LogP contribution in [0, 0.1) is 0 Å². The largest absolute Gasteiger partial charge is 1.00 e. The molecule has 0 amide bonds. The molecule has 60 valence electrons. The Morgan fingerprint density at radius 1 is 1.46 bits per heavy atom. The molecule has 0 saturated heterocycles. The number of nitrogens with one attached hydrogen (secondary N) is 1. The Kier molecular flexibility index (Phi) is 9.01. The molecular formula is C5H3NNa2O4S. The van der Waals surface area contributed by atoms with Crippen molar-refractivity contribution in [3.63, 3.8) is 0 Å². The van der Waals surface area contributed by atoms with E-state index in [-0.39, 0.29) is 69.7 Å². The average Bonchev–Trinajstić information content (AvgIpc) is 2.33. The van der Waals surface area contributed by atoms with Crippen LogP contribution in [-0.2, 0) is 11.1 Å². The van der Waals surface area contributed by atoms with Crippen LogP contribution in [-0.4, -0.2) is 19.7 Å². The molecule has 5 nitrogen and oxygen atoms in total. The van der Waals surface area contributed by atoms with E-state index in [4.69, 9.17) is 0 Å². The zero-order valence-corrected chi connectivity index (χ0v) is 12.0. The molecule has 0 spiro atoms. The first kappa shape index (κ1) is 16.3. The minimum atomic E-state index is -2.40. The Bertz CT molecular complexity index is 285. The fourth-order valence-electron chi connectivity index (χ4n) is 0.589. The van der Waals surface area contributed by atoms with Crippen molar-refractivity contribution in [1.29, 1.82) is 0 Å². The number of hydrogen-bond acceptors (Lipinski definition) is 4. The van der Waals surface area contributed by atoms with E-state index in [0.717, 1.165) is 12.3 Å². The van der Waals surface area contributed by atoms with Gasteiger partial charge in [0.05, 0.1) is 11.7 Å². The molecule has 0 fully saturated rings. The van der Waals surface area contributed by atoms with Crippen LogP contribution in [0.4, 0.5) is 0 Å². The molecule has 0 aliphatic rings. The summed E-state index contributed by atoms with van der Waals surface area (Å²) in [5, 5.41) is 10.1. The second-order valence-corrected chi connectivity index (χ2v) is 2.71. The minimum absolute atomic E-state index is 0. The van der Waals surface area contributed by atoms with E-state index in [9.17, 15) is 18.7 Å². The predicted molar refractivity (Wildman–Crippen MR) is 32.3 cm³/mol. The zero-order valence-electron chi connectivity index (χ0n) is 7.20. The number of aromatic carboxylic acids is 1. The van der Waals surface area contributed by atoms with Crippen molar-refractivity contribution in [2.24, 2.45) is 0 Å². The summed E-state index contributed by atoms with van der Waals surface area (Å²) >= 11 is -2.40. The molecule has 1 heterocycles. The average molecular weight is 219 g/mol. The van der Waals surface area contributed by atoms with Crippen molar-refractivity contribution in [2.45, 2.75) is 4.90 Å². The molecule has 1 aromatic heterocycles. The second kappa shape index (κ2) is 7.19. The van der Waals surface area contributed by atoms with Crippen molar-refractivity contribution in [3.8, 4) is 0 Å². The fourth-order valence-corrected chi connectivity index (χ4v) is 0.958. The molecule has 8 heteroatoms. The van der Waals surface area contributed by atoms with E-state index in [1.807, 2.05) is 0 Å². The van der Waals surface area contributed by atoms with Gasteiger partial charge in [-0.1, -0.05) is 0 Å². The summed E-state index contributed by atoms with van der Waals surface area (Å²) in [5.41, 5.74) is -0.246. The van der Waals surface area contributed by atoms with Gasteiger partial charge in [0.15, 0.2) is 0 Å². The van der Waals surface area contributed by atoms with Crippen molar-refractivity contribution >= 4 is 17.0 Å². The Hall–Kier alpha value is 0.860. The van der Waals surface area contributed by atoms with Crippen LogP contribution in [0.15, 0.2) is 17.2 Å². The summed E-state index contributed by atoms with van der Waals surface area (Å²) in [6.07, 6.45) is 1.08. The van der Waals surface area contributed by atoms with Gasteiger partial charge in [-0.15, -0.1) is 0 Å². The molecule has 13 heavy (non-hydrogen) atoms. The third kappa shape index (κ3) is 4.75. The van der Waals surface area contributed by atoms with Gasteiger partial charge >= 0.3 is 59.1 Å². The first-order valence-corrected chi connectivity index (χ1v) is 3.68. The van der Waals surface area contributed by atoms with Gasteiger partial charge in [-0.2, -0.15) is 0 Å². The number of carbonyl (C=O) groups is 1. The van der Waals surface area contributed by atoms with E-state index >= 15 is 0 Å². The summed E-state index contributed by atoms with van der Waals surface area (Å²) in [6, 6.07) is 0.985. The second-order valence-electron chi connectivity index (χ2n) is 1.77. The van der Waals surface area contributed by atoms with Crippen LogP contribution >= 0.6 is 0 Å². The van der Waals surface area contributed by atoms with Crippen molar-refractivity contribution in [3.05, 3.63) is 18.0 Å². The van der Waals surface area contributed by atoms with Gasteiger partial charge < -0.3 is 19.4 Å². The molecule has 0 bridgehead atoms. The predicted octanol–water partition coefficient (Wildman–Crippen LogP) is -7.38. The van der Waals surface area contributed by atoms with Crippen LogP contribution in [0.5, 0.6) is 0 Å². The Balaban J connectivity index is 0. The number of carbonyl (C=O) groups excluding carboxylic acids is 1. The smallest absolute Gasteiger partial charge is 0.768 e. The maximum absolute atomic E-state index is 10.2. The third-order valence-electron chi connectivity index (χ3n) is 1.07. The SMILES string of the molecule is O=C([O-])c1cc(S(=O)[O-])c[nH]1.[Na+].[Na+]. The quantitative estimate of drug-likeness (QED) is 0.394. The van der Waals surface area contributed by atoms with Crippen LogP contribution < -0.4 is 64.2 Å². The maximum Gasteiger partial charge on any atom is 1.00 e. The van der Waals surface area contributed by atoms with Gasteiger partial charge in [0, 0.05) is 11.1 Å². The van der Waals surface area contributed by atoms with Gasteiger partial charge in [0.1, 0.15) is 0 Å². The van der Waals surface area contributed by atoms with E-state index < -0.39 is 17.0 Å². The van der Waals surface area contributed by atoms with Crippen molar-refractivity contribution in [2.75, 3.05) is 0 Å². The molecule has 1 N–H and O–H groups in total. The Morgan fingerprint density at radius 2 is 2.00 bits per heavy atom. The molecule has 1 atom stereocenters. The number of aromatic nitrogens is 1. The van der Waals surface area contributed by atoms with E-state index in [0.29, 0.717) is 0 Å². The van der Waals surface area contributed by atoms with Gasteiger partial charge in [-0.3, -0.25) is 4.21 Å². The first-order valence-electron chi connectivity index (χ1n) is 2.60. The first-order chi connectivity index (χ1) is 5.11. The summed E-state index contributed by atoms with van der Waals surface area (Å²) in [7, 11) is 0. The maximum atomic E-state index is 10.2. The minimum Gasteiger partial charge on any atom is -0.768 e. The molecule has 0 aliphatic carbocycles. The molecule has 0 radical (unpaired) electrons. The summed E-state index contributed by atoms with van der Waals surface area (Å²) in [5.74, 6) is -1.43. The van der Waals surface area contributed by atoms with Gasteiger partial charge in [-0.05, 0) is 17.1 Å². The van der Waals surface area contributed by atoms with Crippen LogP contribution in [0.2, 0.25) is 0 Å². The monoisotopic (exact) mass is 219 g/mol. The molecule has 1 unspecified atom stereocenters. The topological polar surface area (TPSA) is 96.0 Å². The summed E-state index contributed by atoms with van der Waals surface area (Å²) < 4.78 is 20.4. The Morgan fingerprint density at radius 3 is 2.23 bits per heavy atom. The van der Waals surface area contributed by atoms with Crippen molar-refractivity contribution in [1.82, 2.24) is 4.98 Å². The number of H-pyrrole nitrogens is 1. The molecular weight excluding hydrogens is 216 g/mol. The zero-order chi connectivity index (χ0) is 8.43. The molecule has 0 aliphatic heterocycles. The van der Waals surface area contributed by atoms with Crippen LogP contribution in [0.3, 0.4) is 0 Å². The van der Waals surface area contributed by atoms with Crippen LogP contribution in [0.25, 0.3) is 0 Å². The number of rotatable bonds is 2. The Labute approximate surface area is 121 Å². The summed E-state index contributed by atoms with van der Waals surface area (Å²) in [4.78, 5) is 12.2. The van der Waals surface area contributed by atoms with E-state index in [1.165, 1.54) is 0 Å². The number of hydrogen-bond donors (Lipinski definition) is 1. The van der Waals surface area contributed by atoms with Gasteiger partial charge in [0.2, 0.25) is 0 Å². The van der Waals surface area contributed by atoms with Crippen LogP contribution in [0.1, 0.15) is 10.5 Å². The molecule has 0 saturated carbocycles. The summed E-state index contributed by atoms with van der Waals surface area (Å²) in [6.45, 7) is 0. The number of aromatic amines is 1. The van der Waals surface area contributed by atoms with Gasteiger partial charge in [-0.25, -0.2) is 0 Å². The van der Waals surface area contributed by atoms with E-state index in [2.05, 4.69) is 4.98 Å². The van der Waals surface area contributed by atoms with Crippen molar-refractivity contribution < 1.29 is 77.8 Å². The fraction of sp³-hybridized carbons (Fsp3) is 0. The molecule has 1 rings (SSSR count). The third-order valence-corrected chi connectivity index (χ3v) is 1.69. The number of carboxylic acid groups (broad SMARTS) is 1. The van der Waals surface area contributed by atoms with E-state index in [1.54, 1.807) is 0 Å².